The van der Waals surface area contributed by atoms with Crippen molar-refractivity contribution in [3.63, 3.8) is 0 Å². The fourth-order valence-electron chi connectivity index (χ4n) is 1.41. The van der Waals surface area contributed by atoms with Gasteiger partial charge in [-0.1, -0.05) is 0 Å². The highest BCUT2D eigenvalue weighted by Gasteiger charge is 2.08. The Balaban J connectivity index is 2.11. The van der Waals surface area contributed by atoms with Gasteiger partial charge < -0.3 is 10.6 Å². The minimum atomic E-state index is -0.252. The molecule has 1 amide bonds. The van der Waals surface area contributed by atoms with E-state index < -0.39 is 0 Å². The summed E-state index contributed by atoms with van der Waals surface area (Å²) in [7, 11) is 0. The van der Waals surface area contributed by atoms with Gasteiger partial charge in [-0.05, 0) is 35.0 Å². The number of amides is 1. The monoisotopic (exact) mass is 321 g/mol. The number of nitrogens with zero attached hydrogens (tertiary/aromatic N) is 3. The molecule has 2 aromatic heterocycles. The summed E-state index contributed by atoms with van der Waals surface area (Å²) in [6.45, 7) is 2.71. The van der Waals surface area contributed by atoms with E-state index >= 15 is 0 Å². The van der Waals surface area contributed by atoms with E-state index in [9.17, 15) is 4.79 Å². The van der Waals surface area contributed by atoms with Gasteiger partial charge in [0.2, 0.25) is 0 Å². The zero-order valence-corrected chi connectivity index (χ0v) is 11.8. The van der Waals surface area contributed by atoms with E-state index in [1.165, 1.54) is 12.4 Å². The molecule has 2 aromatic rings. The largest absolute Gasteiger partial charge is 0.370 e. The van der Waals surface area contributed by atoms with E-state index in [-0.39, 0.29) is 5.91 Å². The summed E-state index contributed by atoms with van der Waals surface area (Å²) < 4.78 is 0.615. The lowest BCUT2D eigenvalue weighted by Gasteiger charge is -2.06. The van der Waals surface area contributed by atoms with Gasteiger partial charge in [0.15, 0.2) is 5.82 Å². The van der Waals surface area contributed by atoms with Gasteiger partial charge in [-0.3, -0.25) is 4.79 Å². The molecule has 0 bridgehead atoms. The number of carbonyl (C=O) groups excluding carboxylic acids is 1. The molecular formula is C12H12BrN5O. The van der Waals surface area contributed by atoms with Crippen molar-refractivity contribution in [1.82, 2.24) is 15.0 Å². The Labute approximate surface area is 118 Å². The first-order chi connectivity index (χ1) is 9.19. The Hall–Kier alpha value is -2.02. The first-order valence-corrected chi connectivity index (χ1v) is 6.47. The van der Waals surface area contributed by atoms with Crippen molar-refractivity contribution in [3.05, 3.63) is 40.9 Å². The zero-order chi connectivity index (χ0) is 13.7. The molecule has 6 nitrogen and oxygen atoms in total. The average Bonchev–Trinajstić information content (AvgIpc) is 2.42. The second-order valence-corrected chi connectivity index (χ2v) is 4.45. The van der Waals surface area contributed by atoms with Crippen LogP contribution in [0.2, 0.25) is 0 Å². The Morgan fingerprint density at radius 3 is 2.79 bits per heavy atom. The maximum Gasteiger partial charge on any atom is 0.257 e. The van der Waals surface area contributed by atoms with E-state index in [2.05, 4.69) is 41.5 Å². The van der Waals surface area contributed by atoms with Crippen LogP contribution in [0.1, 0.15) is 17.3 Å². The number of anilines is 2. The fraction of sp³-hybridized carbons (Fsp3) is 0.167. The Morgan fingerprint density at radius 2 is 2.11 bits per heavy atom. The van der Waals surface area contributed by atoms with Gasteiger partial charge in [-0.15, -0.1) is 0 Å². The van der Waals surface area contributed by atoms with Gasteiger partial charge in [0.1, 0.15) is 10.4 Å². The number of halogens is 1. The Morgan fingerprint density at radius 1 is 1.26 bits per heavy atom. The highest BCUT2D eigenvalue weighted by atomic mass is 79.9. The molecule has 0 radical (unpaired) electrons. The molecule has 0 aliphatic carbocycles. The number of hydrogen-bond donors (Lipinski definition) is 2. The number of aromatic nitrogens is 3. The molecular weight excluding hydrogens is 310 g/mol. The lowest BCUT2D eigenvalue weighted by Crippen LogP contribution is -2.14. The Kier molecular flexibility index (Phi) is 4.40. The highest BCUT2D eigenvalue weighted by molar-refractivity contribution is 9.10. The summed E-state index contributed by atoms with van der Waals surface area (Å²) in [5.41, 5.74) is 0.510. The van der Waals surface area contributed by atoms with Gasteiger partial charge in [-0.25, -0.2) is 15.0 Å². The van der Waals surface area contributed by atoms with Crippen LogP contribution in [0, 0.1) is 0 Å². The molecule has 2 rings (SSSR count). The Bertz CT molecular complexity index is 573. The lowest BCUT2D eigenvalue weighted by molar-refractivity contribution is 0.102. The number of nitrogens with one attached hydrogen (secondary N) is 2. The van der Waals surface area contributed by atoms with Crippen molar-refractivity contribution in [3.8, 4) is 0 Å². The predicted molar refractivity (Wildman–Crippen MR) is 76.1 cm³/mol. The molecule has 0 saturated heterocycles. The summed E-state index contributed by atoms with van der Waals surface area (Å²) >= 11 is 3.18. The smallest absolute Gasteiger partial charge is 0.257 e. The maximum absolute atomic E-state index is 12.0. The predicted octanol–water partition coefficient (Wildman–Crippen LogP) is 2.32. The third-order valence-electron chi connectivity index (χ3n) is 2.24. The number of hydrogen-bond acceptors (Lipinski definition) is 5. The van der Waals surface area contributed by atoms with Crippen LogP contribution in [0.5, 0.6) is 0 Å². The van der Waals surface area contributed by atoms with Gasteiger partial charge in [0, 0.05) is 18.3 Å². The quantitative estimate of drug-likeness (QED) is 0.903. The van der Waals surface area contributed by atoms with E-state index in [4.69, 9.17) is 0 Å². The topological polar surface area (TPSA) is 79.8 Å². The van der Waals surface area contributed by atoms with Crippen molar-refractivity contribution in [2.24, 2.45) is 0 Å². The molecule has 7 heteroatoms. The van der Waals surface area contributed by atoms with Crippen LogP contribution in [0.3, 0.4) is 0 Å². The third kappa shape index (κ3) is 3.72. The van der Waals surface area contributed by atoms with Crippen LogP contribution in [-0.2, 0) is 0 Å². The average molecular weight is 322 g/mol. The van der Waals surface area contributed by atoms with Crippen LogP contribution in [0.4, 0.5) is 11.6 Å². The molecule has 0 saturated carbocycles. The van der Waals surface area contributed by atoms with E-state index in [1.807, 2.05) is 6.92 Å². The molecule has 2 N–H and O–H groups in total. The zero-order valence-electron chi connectivity index (χ0n) is 10.2. The summed E-state index contributed by atoms with van der Waals surface area (Å²) in [5, 5.41) is 5.71. The second kappa shape index (κ2) is 6.24. The van der Waals surface area contributed by atoms with Crippen molar-refractivity contribution in [1.29, 1.82) is 0 Å². The summed E-state index contributed by atoms with van der Waals surface area (Å²) in [6, 6.07) is 3.33. The molecule has 0 atom stereocenters. The van der Waals surface area contributed by atoms with Crippen molar-refractivity contribution in [2.45, 2.75) is 6.92 Å². The molecule has 2 heterocycles. The molecule has 0 spiro atoms. The number of carbonyl (C=O) groups is 1. The molecule has 0 aliphatic heterocycles. The summed E-state index contributed by atoms with van der Waals surface area (Å²) in [6.07, 6.45) is 4.58. The van der Waals surface area contributed by atoms with Crippen LogP contribution in [-0.4, -0.2) is 27.4 Å². The van der Waals surface area contributed by atoms with Gasteiger partial charge in [-0.2, -0.15) is 0 Å². The van der Waals surface area contributed by atoms with Crippen LogP contribution < -0.4 is 10.6 Å². The normalized spacial score (nSPS) is 10.0. The minimum Gasteiger partial charge on any atom is -0.370 e. The first kappa shape index (κ1) is 13.4. The summed E-state index contributed by atoms with van der Waals surface area (Å²) in [5.74, 6) is 0.810. The van der Waals surface area contributed by atoms with Crippen molar-refractivity contribution >= 4 is 33.5 Å². The van der Waals surface area contributed by atoms with E-state index in [1.54, 1.807) is 18.3 Å². The lowest BCUT2D eigenvalue weighted by atomic mass is 10.2. The fourth-order valence-corrected chi connectivity index (χ4v) is 1.62. The molecule has 0 aromatic carbocycles. The maximum atomic E-state index is 12.0. The molecule has 0 aliphatic rings. The standard InChI is InChI=1S/C12H12BrN5O/c1-2-14-10-5-8(3-4-15-10)12(19)18-11-7-16-9(13)6-17-11/h3-7H,2H2,1H3,(H,14,15)(H,17,18,19). The van der Waals surface area contributed by atoms with Gasteiger partial charge >= 0.3 is 0 Å². The van der Waals surface area contributed by atoms with Gasteiger partial charge in [0.25, 0.3) is 5.91 Å². The third-order valence-corrected chi connectivity index (χ3v) is 2.65. The van der Waals surface area contributed by atoms with E-state index in [0.717, 1.165) is 6.54 Å². The first-order valence-electron chi connectivity index (χ1n) is 5.68. The second-order valence-electron chi connectivity index (χ2n) is 3.64. The number of pyridine rings is 1. The van der Waals surface area contributed by atoms with Crippen LogP contribution in [0.15, 0.2) is 35.3 Å². The number of rotatable bonds is 4. The van der Waals surface area contributed by atoms with Crippen LogP contribution in [0.25, 0.3) is 0 Å². The van der Waals surface area contributed by atoms with Crippen molar-refractivity contribution in [2.75, 3.05) is 17.2 Å². The molecule has 0 fully saturated rings. The molecule has 0 unspecified atom stereocenters. The molecule has 98 valence electrons. The minimum absolute atomic E-state index is 0.252. The van der Waals surface area contributed by atoms with Crippen LogP contribution >= 0.6 is 15.9 Å². The van der Waals surface area contributed by atoms with Crippen molar-refractivity contribution < 1.29 is 4.79 Å². The molecule has 19 heavy (non-hydrogen) atoms. The summed E-state index contributed by atoms with van der Waals surface area (Å²) in [4.78, 5) is 24.1. The SMILES string of the molecule is CCNc1cc(C(=O)Nc2cnc(Br)cn2)ccn1. The van der Waals surface area contributed by atoms with Gasteiger partial charge in [0.05, 0.1) is 12.4 Å². The highest BCUT2D eigenvalue weighted by Crippen LogP contribution is 2.10. The van der Waals surface area contributed by atoms with E-state index in [0.29, 0.717) is 21.8 Å².